The van der Waals surface area contributed by atoms with E-state index in [0.717, 1.165) is 0 Å². The number of nitrogens with zero attached hydrogens (tertiary/aromatic N) is 2. The minimum atomic E-state index is -0.647. The Balaban J connectivity index is 2.57. The van der Waals surface area contributed by atoms with E-state index in [-0.39, 0.29) is 18.0 Å². The molecule has 0 aliphatic heterocycles. The number of esters is 1. The van der Waals surface area contributed by atoms with Crippen LogP contribution in [0.5, 0.6) is 0 Å². The van der Waals surface area contributed by atoms with Gasteiger partial charge in [0, 0.05) is 10.7 Å². The Kier molecular flexibility index (Phi) is 2.78. The lowest BCUT2D eigenvalue weighted by Crippen LogP contribution is -2.20. The van der Waals surface area contributed by atoms with Crippen LogP contribution in [0, 0.1) is 0 Å². The maximum atomic E-state index is 11.6. The zero-order valence-corrected chi connectivity index (χ0v) is 9.94. The van der Waals surface area contributed by atoms with Gasteiger partial charge in [0.2, 0.25) is 5.82 Å². The quantitative estimate of drug-likeness (QED) is 0.834. The van der Waals surface area contributed by atoms with Crippen LogP contribution in [-0.2, 0) is 4.74 Å². The van der Waals surface area contributed by atoms with E-state index in [9.17, 15) is 9.59 Å². The maximum Gasteiger partial charge on any atom is 0.376 e. The minimum absolute atomic E-state index is 0.109. The van der Waals surface area contributed by atoms with E-state index in [0.29, 0.717) is 9.99 Å². The fourth-order valence-corrected chi connectivity index (χ4v) is 1.68. The Morgan fingerprint density at radius 3 is 3.12 bits per heavy atom. The summed E-state index contributed by atoms with van der Waals surface area (Å²) in [6, 6.07) is 1.61. The summed E-state index contributed by atoms with van der Waals surface area (Å²) in [7, 11) is 0. The molecule has 0 bridgehead atoms. The van der Waals surface area contributed by atoms with Crippen LogP contribution in [0.3, 0.4) is 0 Å². The smallest absolute Gasteiger partial charge is 0.376 e. The Labute approximate surface area is 98.4 Å². The molecule has 0 saturated carbocycles. The highest BCUT2D eigenvalue weighted by molar-refractivity contribution is 9.10. The average Bonchev–Trinajstić information content (AvgIpc) is 2.59. The molecule has 0 fully saturated rings. The Hall–Kier alpha value is -1.63. The van der Waals surface area contributed by atoms with E-state index in [1.807, 2.05) is 0 Å². The molecule has 7 heteroatoms. The van der Waals surface area contributed by atoms with E-state index in [4.69, 9.17) is 4.74 Å². The third-order valence-corrected chi connectivity index (χ3v) is 2.34. The lowest BCUT2D eigenvalue weighted by Gasteiger charge is -2.00. The lowest BCUT2D eigenvalue weighted by molar-refractivity contribution is 0.0509. The molecule has 6 nitrogen and oxygen atoms in total. The van der Waals surface area contributed by atoms with Crippen LogP contribution >= 0.6 is 15.9 Å². The van der Waals surface area contributed by atoms with Crippen molar-refractivity contribution in [2.45, 2.75) is 6.92 Å². The van der Waals surface area contributed by atoms with Gasteiger partial charge in [-0.25, -0.2) is 9.31 Å². The van der Waals surface area contributed by atoms with Crippen LogP contribution in [0.1, 0.15) is 17.5 Å². The second-order valence-corrected chi connectivity index (χ2v) is 3.93. The third-order valence-electron chi connectivity index (χ3n) is 1.91. The zero-order valence-electron chi connectivity index (χ0n) is 8.36. The van der Waals surface area contributed by atoms with Gasteiger partial charge in [0.05, 0.1) is 6.61 Å². The van der Waals surface area contributed by atoms with Crippen molar-refractivity contribution in [1.82, 2.24) is 14.6 Å². The number of halogens is 1. The van der Waals surface area contributed by atoms with E-state index >= 15 is 0 Å². The topological polar surface area (TPSA) is 76.5 Å². The summed E-state index contributed by atoms with van der Waals surface area (Å²) in [5.41, 5.74) is -0.0244. The molecule has 0 aliphatic rings. The van der Waals surface area contributed by atoms with Crippen molar-refractivity contribution >= 4 is 27.4 Å². The minimum Gasteiger partial charge on any atom is -0.460 e. The predicted octanol–water partition coefficient (Wildman–Crippen LogP) is 0.962. The van der Waals surface area contributed by atoms with Crippen molar-refractivity contribution < 1.29 is 9.53 Å². The molecule has 0 radical (unpaired) electrons. The highest BCUT2D eigenvalue weighted by atomic mass is 79.9. The van der Waals surface area contributed by atoms with Crippen molar-refractivity contribution in [3.63, 3.8) is 0 Å². The van der Waals surface area contributed by atoms with Gasteiger partial charge in [0.1, 0.15) is 5.52 Å². The summed E-state index contributed by atoms with van der Waals surface area (Å²) >= 11 is 3.22. The molecule has 2 aromatic rings. The number of carbonyl (C=O) groups is 1. The van der Waals surface area contributed by atoms with Crippen LogP contribution in [0.2, 0.25) is 0 Å². The number of aromatic amines is 1. The third kappa shape index (κ3) is 1.85. The number of ether oxygens (including phenoxy) is 1. The lowest BCUT2D eigenvalue weighted by atomic mass is 10.5. The summed E-state index contributed by atoms with van der Waals surface area (Å²) in [5.74, 6) is -0.756. The Bertz CT molecular complexity index is 602. The standard InChI is InChI=1S/C9H8BrN3O3/c1-2-16-9(15)7-11-8(14)6-3-5(10)4-13(6)12-7/h3-4H,2H2,1H3,(H,11,12,14). The number of nitrogens with one attached hydrogen (secondary N) is 1. The van der Waals surface area contributed by atoms with Crippen LogP contribution in [0.25, 0.3) is 5.52 Å². The molecule has 2 aromatic heterocycles. The van der Waals surface area contributed by atoms with Crippen LogP contribution in [-0.4, -0.2) is 27.2 Å². The molecule has 0 amide bonds. The first-order chi connectivity index (χ1) is 7.61. The number of hydrogen-bond acceptors (Lipinski definition) is 4. The molecular formula is C9H8BrN3O3. The SMILES string of the molecule is CCOC(=O)c1nn2cc(Br)cc2c(=O)[nH]1. The highest BCUT2D eigenvalue weighted by Gasteiger charge is 2.12. The number of H-pyrrole nitrogens is 1. The molecule has 0 saturated heterocycles. The summed E-state index contributed by atoms with van der Waals surface area (Å²) in [6.45, 7) is 1.91. The van der Waals surface area contributed by atoms with Crippen LogP contribution in [0.15, 0.2) is 21.5 Å². The molecule has 2 rings (SSSR count). The molecule has 16 heavy (non-hydrogen) atoms. The van der Waals surface area contributed by atoms with Gasteiger partial charge in [0.25, 0.3) is 5.56 Å². The van der Waals surface area contributed by atoms with Crippen molar-refractivity contribution in [2.75, 3.05) is 6.61 Å². The van der Waals surface area contributed by atoms with Gasteiger partial charge in [0.15, 0.2) is 0 Å². The van der Waals surface area contributed by atoms with Crippen molar-refractivity contribution in [2.24, 2.45) is 0 Å². The molecule has 84 valence electrons. The molecule has 0 spiro atoms. The fourth-order valence-electron chi connectivity index (χ4n) is 1.27. The summed E-state index contributed by atoms with van der Waals surface area (Å²) in [4.78, 5) is 25.3. The number of fused-ring (bicyclic) bond motifs is 1. The molecule has 0 unspecified atom stereocenters. The van der Waals surface area contributed by atoms with E-state index in [2.05, 4.69) is 26.0 Å². The monoisotopic (exact) mass is 285 g/mol. The van der Waals surface area contributed by atoms with Crippen molar-refractivity contribution in [1.29, 1.82) is 0 Å². The summed E-state index contributed by atoms with van der Waals surface area (Å²) in [6.07, 6.45) is 1.59. The van der Waals surface area contributed by atoms with Crippen molar-refractivity contribution in [3.8, 4) is 0 Å². The van der Waals surface area contributed by atoms with Crippen molar-refractivity contribution in [3.05, 3.63) is 32.9 Å². The molecule has 2 heterocycles. The summed E-state index contributed by atoms with van der Waals surface area (Å²) in [5, 5.41) is 3.93. The number of aromatic nitrogens is 3. The maximum absolute atomic E-state index is 11.6. The van der Waals surface area contributed by atoms with E-state index in [1.165, 1.54) is 4.52 Å². The van der Waals surface area contributed by atoms with Gasteiger partial charge in [-0.2, -0.15) is 0 Å². The van der Waals surface area contributed by atoms with Gasteiger partial charge < -0.3 is 4.74 Å². The highest BCUT2D eigenvalue weighted by Crippen LogP contribution is 2.11. The summed E-state index contributed by atoms with van der Waals surface area (Å²) < 4.78 is 6.78. The van der Waals surface area contributed by atoms with Gasteiger partial charge in [-0.15, -0.1) is 5.10 Å². The first-order valence-electron chi connectivity index (χ1n) is 4.57. The average molecular weight is 286 g/mol. The van der Waals surface area contributed by atoms with Gasteiger partial charge in [-0.3, -0.25) is 9.78 Å². The van der Waals surface area contributed by atoms with Crippen LogP contribution in [0.4, 0.5) is 0 Å². The van der Waals surface area contributed by atoms with Gasteiger partial charge in [-0.05, 0) is 28.9 Å². The van der Waals surface area contributed by atoms with Crippen LogP contribution < -0.4 is 5.56 Å². The fraction of sp³-hybridized carbons (Fsp3) is 0.222. The number of hydrogen-bond donors (Lipinski definition) is 1. The second-order valence-electron chi connectivity index (χ2n) is 3.01. The van der Waals surface area contributed by atoms with E-state index in [1.54, 1.807) is 19.2 Å². The Morgan fingerprint density at radius 2 is 2.44 bits per heavy atom. The second kappa shape index (κ2) is 4.09. The molecule has 0 aliphatic carbocycles. The molecule has 1 N–H and O–H groups in total. The van der Waals surface area contributed by atoms with Gasteiger partial charge >= 0.3 is 5.97 Å². The molecular weight excluding hydrogens is 278 g/mol. The Morgan fingerprint density at radius 1 is 1.69 bits per heavy atom. The van der Waals surface area contributed by atoms with Gasteiger partial charge in [-0.1, -0.05) is 0 Å². The number of carbonyl (C=O) groups excluding carboxylic acids is 1. The first-order valence-corrected chi connectivity index (χ1v) is 5.36. The molecule has 0 atom stereocenters. The van der Waals surface area contributed by atoms with E-state index < -0.39 is 5.97 Å². The largest absolute Gasteiger partial charge is 0.460 e. The molecule has 0 aromatic carbocycles. The normalized spacial score (nSPS) is 10.6. The first kappa shape index (κ1) is 10.9. The number of rotatable bonds is 2. The zero-order chi connectivity index (χ0) is 11.7. The predicted molar refractivity (Wildman–Crippen MR) is 59.5 cm³/mol.